The number of aromatic nitrogens is 1. The number of carbonyl (C=O) groups excluding carboxylic acids is 9. The number of carbonyl (C=O) groups is 10. The van der Waals surface area contributed by atoms with Gasteiger partial charge in [0.1, 0.15) is 48.3 Å². The van der Waals surface area contributed by atoms with Crippen LogP contribution in [0, 0.1) is 0 Å². The summed E-state index contributed by atoms with van der Waals surface area (Å²) in [5.74, 6) is -11.0. The van der Waals surface area contributed by atoms with Crippen molar-refractivity contribution in [3.05, 3.63) is 71.9 Å². The molecule has 2 heterocycles. The average molecular weight is 1250 g/mol. The van der Waals surface area contributed by atoms with Crippen LogP contribution in [0.5, 0.6) is 0 Å². The number of hydrogen-bond donors (Lipinski definition) is 17. The Morgan fingerprint density at radius 2 is 1.12 bits per heavy atom. The predicted octanol–water partition coefficient (Wildman–Crippen LogP) is -3.45. The second-order valence-electron chi connectivity index (χ2n) is 19.2. The van der Waals surface area contributed by atoms with E-state index in [9.17, 15) is 56.3 Å². The molecule has 0 saturated carbocycles. The molecule has 0 aliphatic carbocycles. The van der Waals surface area contributed by atoms with Crippen LogP contribution in [0.4, 0.5) is 13.2 Å². The number of nitrogens with two attached hydrogens (primary N) is 7. The van der Waals surface area contributed by atoms with E-state index in [1.54, 1.807) is 42.6 Å². The fourth-order valence-electron chi connectivity index (χ4n) is 8.00. The highest BCUT2D eigenvalue weighted by atomic mass is 33.1. The van der Waals surface area contributed by atoms with Crippen molar-refractivity contribution >= 4 is 110 Å². The SMILES string of the molecule is CC(=O)N[C@@H](CCCN=C(N)N)C(=O)NC1CSSC[C@@H](C(N)=O)NC(=O)[C@H](Cc2c[nH]c3ccccc23)NC(=O)[C@H](CCCN=C(N)N)NC(=O)C(Cc2ccccc2)NC(=O)C(CCCN=C(N)N)NC(=O)[C@@H](C)NC1=O.O=C(O)C(F)(F)F. The van der Waals surface area contributed by atoms with Crippen molar-refractivity contribution in [2.45, 2.75) is 120 Å². The number of hydrogen-bond acceptors (Lipinski definition) is 15. The Morgan fingerprint density at radius 1 is 0.640 bits per heavy atom. The fraction of sp³-hybridized carbons (Fsp3) is 0.471. The van der Waals surface area contributed by atoms with Crippen molar-refractivity contribution < 1.29 is 66.2 Å². The minimum atomic E-state index is -5.08. The van der Waals surface area contributed by atoms with E-state index in [2.05, 4.69) is 62.5 Å². The number of para-hydroxylation sites is 1. The maximum atomic E-state index is 14.6. The second kappa shape index (κ2) is 36.0. The van der Waals surface area contributed by atoms with Gasteiger partial charge in [-0.15, -0.1) is 0 Å². The first-order chi connectivity index (χ1) is 40.5. The molecule has 2 aromatic carbocycles. The van der Waals surface area contributed by atoms with Gasteiger partial charge in [0.15, 0.2) is 17.9 Å². The maximum Gasteiger partial charge on any atom is 0.490 e. The Morgan fingerprint density at radius 3 is 1.65 bits per heavy atom. The van der Waals surface area contributed by atoms with Crippen molar-refractivity contribution in [2.75, 3.05) is 31.1 Å². The number of rotatable bonds is 20. The van der Waals surface area contributed by atoms with Gasteiger partial charge in [-0.2, -0.15) is 13.2 Å². The number of primary amides is 1. The van der Waals surface area contributed by atoms with Crippen LogP contribution in [0.15, 0.2) is 75.8 Å². The topological polar surface area (TPSA) is 522 Å². The van der Waals surface area contributed by atoms with Crippen LogP contribution >= 0.6 is 21.6 Å². The summed E-state index contributed by atoms with van der Waals surface area (Å²) in [6.07, 6.45) is -3.16. The number of nitrogens with one attached hydrogen (secondary N) is 9. The van der Waals surface area contributed by atoms with Crippen molar-refractivity contribution in [1.29, 1.82) is 0 Å². The first kappa shape index (κ1) is 71.2. The number of carboxylic acids is 1. The number of aliphatic imine (C=N–C) groups is 3. The molecule has 3 unspecified atom stereocenters. The summed E-state index contributed by atoms with van der Waals surface area (Å²) in [5.41, 5.74) is 40.9. The van der Waals surface area contributed by atoms with Gasteiger partial charge in [-0.05, 0) is 62.6 Å². The standard InChI is InChI=1S/C49H73N19O9S2.C2HF3O2/c1-26-40(71)63-33(16-9-19-58-48(53)54)42(73)65-35(21-28-11-4-3-5-12-28)44(75)64-34(17-10-20-59-49(55)56)43(74)66-36(22-29-23-60-31-14-7-6-13-30(29)31)45(76)67-37(39(50)70)24-78-79-25-38(46(77)61-26)68-41(72)32(62-27(2)69)15-8-18-57-47(51)52;3-2(4,5)1(6)7/h3-7,11-14,23,26,32-38,60H,8-10,15-22,24-25H2,1-2H3,(H2,50,70)(H,61,77)(H,62,69)(H,63,71)(H,64,75)(H,65,73)(H,66,74)(H,67,76)(H,68,72)(H4,51,52,57)(H4,53,54,58)(H4,55,56,59);(H,6,7)/t26-,32+,33?,34+,35?,36+,37+,38?;/m1./s1. The number of nitrogens with zero attached hydrogens (tertiary/aromatic N) is 3. The molecule has 1 aliphatic heterocycles. The molecule has 0 radical (unpaired) electrons. The number of benzene rings is 2. The first-order valence-corrected chi connectivity index (χ1v) is 29.0. The number of guanidine groups is 3. The molecule has 24 N–H and O–H groups in total. The largest absolute Gasteiger partial charge is 0.490 e. The third-order valence-corrected chi connectivity index (χ3v) is 14.7. The number of amides is 9. The minimum absolute atomic E-state index is 0.0448. The van der Waals surface area contributed by atoms with Crippen LogP contribution in [-0.2, 0) is 60.8 Å². The van der Waals surface area contributed by atoms with Crippen LogP contribution in [0.1, 0.15) is 63.5 Å². The number of aromatic amines is 1. The summed E-state index contributed by atoms with van der Waals surface area (Å²) in [6, 6.07) is 5.08. The number of fused-ring (bicyclic) bond motifs is 1. The summed E-state index contributed by atoms with van der Waals surface area (Å²) in [7, 11) is 2.00. The van der Waals surface area contributed by atoms with E-state index in [-0.39, 0.29) is 100 Å². The van der Waals surface area contributed by atoms with Crippen molar-refractivity contribution in [1.82, 2.24) is 47.5 Å². The lowest BCUT2D eigenvalue weighted by Crippen LogP contribution is -2.60. The Labute approximate surface area is 499 Å². The normalized spacial score (nSPS) is 20.6. The van der Waals surface area contributed by atoms with Crippen LogP contribution < -0.4 is 82.7 Å². The van der Waals surface area contributed by atoms with E-state index >= 15 is 0 Å². The lowest BCUT2D eigenvalue weighted by molar-refractivity contribution is -0.192. The lowest BCUT2D eigenvalue weighted by Gasteiger charge is -2.27. The molecule has 9 amide bonds. The molecule has 472 valence electrons. The van der Waals surface area contributed by atoms with Gasteiger partial charge >= 0.3 is 12.1 Å². The van der Waals surface area contributed by atoms with Crippen LogP contribution in [0.3, 0.4) is 0 Å². The molecule has 0 bridgehead atoms. The molecule has 86 heavy (non-hydrogen) atoms. The third-order valence-electron chi connectivity index (χ3n) is 12.3. The van der Waals surface area contributed by atoms with Gasteiger partial charge in [0.2, 0.25) is 53.2 Å². The number of aliphatic carboxylic acids is 1. The summed E-state index contributed by atoms with van der Waals surface area (Å²) >= 11 is 0. The monoisotopic (exact) mass is 1250 g/mol. The zero-order valence-electron chi connectivity index (χ0n) is 46.9. The Bertz CT molecular complexity index is 2910. The molecule has 3 aromatic rings. The Kier molecular flexibility index (Phi) is 29.8. The summed E-state index contributed by atoms with van der Waals surface area (Å²) < 4.78 is 31.7. The Balaban J connectivity index is 0.00000259. The quantitative estimate of drug-likeness (QED) is 0.0226. The molecule has 1 aliphatic rings. The van der Waals surface area contributed by atoms with E-state index in [4.69, 9.17) is 50.0 Å². The zero-order chi connectivity index (χ0) is 64.1. The second-order valence-corrected chi connectivity index (χ2v) is 21.8. The predicted molar refractivity (Wildman–Crippen MR) is 316 cm³/mol. The lowest BCUT2D eigenvalue weighted by atomic mass is 10.0. The number of alkyl halides is 3. The molecule has 4 rings (SSSR count). The fourth-order valence-corrected chi connectivity index (χ4v) is 10.3. The first-order valence-electron chi connectivity index (χ1n) is 26.5. The van der Waals surface area contributed by atoms with Crippen LogP contribution in [0.2, 0.25) is 0 Å². The molecule has 1 fully saturated rings. The molecule has 30 nitrogen and oxygen atoms in total. The number of halogens is 3. The molecule has 35 heteroatoms. The maximum absolute atomic E-state index is 14.6. The molecular weight excluding hydrogens is 1180 g/mol. The van der Waals surface area contributed by atoms with Crippen molar-refractivity contribution in [3.8, 4) is 0 Å². The van der Waals surface area contributed by atoms with Gasteiger partial charge in [-0.1, -0.05) is 70.1 Å². The number of H-pyrrole nitrogens is 1. The van der Waals surface area contributed by atoms with Crippen molar-refractivity contribution in [3.63, 3.8) is 0 Å². The van der Waals surface area contributed by atoms with Gasteiger partial charge in [0.05, 0.1) is 0 Å². The van der Waals surface area contributed by atoms with Gasteiger partial charge in [-0.3, -0.25) is 58.1 Å². The van der Waals surface area contributed by atoms with Crippen molar-refractivity contribution in [2.24, 2.45) is 55.1 Å². The van der Waals surface area contributed by atoms with E-state index in [0.29, 0.717) is 11.1 Å². The summed E-state index contributed by atoms with van der Waals surface area (Å²) in [4.78, 5) is 149. The van der Waals surface area contributed by atoms with Crippen LogP contribution in [0.25, 0.3) is 10.9 Å². The summed E-state index contributed by atoms with van der Waals surface area (Å²) in [6.45, 7) is 2.76. The van der Waals surface area contributed by atoms with Gasteiger partial charge < -0.3 is 92.8 Å². The van der Waals surface area contributed by atoms with E-state index < -0.39 is 114 Å². The molecule has 0 spiro atoms. The van der Waals surface area contributed by atoms with E-state index in [1.807, 2.05) is 18.2 Å². The van der Waals surface area contributed by atoms with E-state index in [1.165, 1.54) is 13.8 Å². The number of carboxylic acid groups (broad SMARTS) is 1. The highest BCUT2D eigenvalue weighted by molar-refractivity contribution is 8.76. The average Bonchev–Trinajstić information content (AvgIpc) is 2.18. The zero-order valence-corrected chi connectivity index (χ0v) is 48.6. The van der Waals surface area contributed by atoms with Gasteiger partial charge in [0.25, 0.3) is 0 Å². The molecule has 1 saturated heterocycles. The van der Waals surface area contributed by atoms with Crippen LogP contribution in [-0.4, -0.2) is 173 Å². The highest BCUT2D eigenvalue weighted by Gasteiger charge is 2.39. The molecule has 8 atom stereocenters. The van der Waals surface area contributed by atoms with Gasteiger partial charge in [-0.25, -0.2) is 4.79 Å². The molecular formula is C51H74F3N19O11S2. The molecule has 1 aromatic heterocycles. The smallest absolute Gasteiger partial charge is 0.475 e. The highest BCUT2D eigenvalue weighted by Crippen LogP contribution is 2.24. The van der Waals surface area contributed by atoms with E-state index in [0.717, 1.165) is 32.5 Å². The van der Waals surface area contributed by atoms with Gasteiger partial charge in [0, 0.05) is 68.0 Å². The third kappa shape index (κ3) is 26.3. The minimum Gasteiger partial charge on any atom is -0.475 e. The summed E-state index contributed by atoms with van der Waals surface area (Å²) in [5, 5.41) is 29.2. The Hall–Kier alpha value is -9.02.